The van der Waals surface area contributed by atoms with Gasteiger partial charge in [-0.15, -0.1) is 0 Å². The summed E-state index contributed by atoms with van der Waals surface area (Å²) in [4.78, 5) is 52.1. The van der Waals surface area contributed by atoms with Crippen LogP contribution in [-0.2, 0) is 9.47 Å². The molecule has 7 heteroatoms. The normalized spacial score (nSPS) is 11.0. The van der Waals surface area contributed by atoms with Crippen LogP contribution in [0.5, 0.6) is 0 Å². The van der Waals surface area contributed by atoms with Gasteiger partial charge in [0.1, 0.15) is 11.3 Å². The predicted molar refractivity (Wildman–Crippen MR) is 97.2 cm³/mol. The molecule has 7 nitrogen and oxygen atoms in total. The van der Waals surface area contributed by atoms with Crippen LogP contribution in [0.1, 0.15) is 75.0 Å². The smallest absolute Gasteiger partial charge is 0.356 e. The van der Waals surface area contributed by atoms with Gasteiger partial charge in [0.15, 0.2) is 12.1 Å². The summed E-state index contributed by atoms with van der Waals surface area (Å²) in [5.74, 6) is -2.31. The Labute approximate surface area is 156 Å². The van der Waals surface area contributed by atoms with Crippen LogP contribution in [0, 0.1) is 0 Å². The number of ketones is 1. The van der Waals surface area contributed by atoms with Crippen molar-refractivity contribution >= 4 is 24.0 Å². The Morgan fingerprint density at radius 1 is 1.04 bits per heavy atom. The third-order valence-corrected chi connectivity index (χ3v) is 3.49. The van der Waals surface area contributed by atoms with Gasteiger partial charge in [0, 0.05) is 5.56 Å². The summed E-state index contributed by atoms with van der Waals surface area (Å²) >= 11 is 0. The van der Waals surface area contributed by atoms with Crippen molar-refractivity contribution in [1.82, 2.24) is 4.98 Å². The predicted octanol–water partition coefficient (Wildman–Crippen LogP) is 3.19. The summed E-state index contributed by atoms with van der Waals surface area (Å²) in [6.45, 7) is 6.64. The number of aldehydes is 1. The molecule has 0 aliphatic heterocycles. The van der Waals surface area contributed by atoms with E-state index in [1.165, 1.54) is 0 Å². The van der Waals surface area contributed by atoms with Crippen molar-refractivity contribution in [1.29, 1.82) is 0 Å². The van der Waals surface area contributed by atoms with Gasteiger partial charge in [-0.1, -0.05) is 30.3 Å². The second kappa shape index (κ2) is 7.99. The number of aromatic amines is 1. The SMILES string of the molecule is CCOC(=O)c1c(C=O)[nH]c(C(=O)OC(C)(C)C)c1C(=O)c1ccccc1. The summed E-state index contributed by atoms with van der Waals surface area (Å²) in [5.41, 5.74) is -1.57. The molecule has 0 aliphatic rings. The summed E-state index contributed by atoms with van der Waals surface area (Å²) in [7, 11) is 0. The largest absolute Gasteiger partial charge is 0.462 e. The summed E-state index contributed by atoms with van der Waals surface area (Å²) in [5, 5.41) is 0. The number of ether oxygens (including phenoxy) is 2. The summed E-state index contributed by atoms with van der Waals surface area (Å²) in [6.07, 6.45) is 0.363. The van der Waals surface area contributed by atoms with Crippen LogP contribution < -0.4 is 0 Å². The maximum absolute atomic E-state index is 13.0. The Morgan fingerprint density at radius 3 is 2.19 bits per heavy atom. The quantitative estimate of drug-likeness (QED) is 0.475. The van der Waals surface area contributed by atoms with E-state index in [4.69, 9.17) is 9.47 Å². The Hall–Kier alpha value is -3.22. The monoisotopic (exact) mass is 371 g/mol. The zero-order valence-corrected chi connectivity index (χ0v) is 15.6. The van der Waals surface area contributed by atoms with Crippen LogP contribution in [0.3, 0.4) is 0 Å². The highest BCUT2D eigenvalue weighted by Gasteiger charge is 2.33. The lowest BCUT2D eigenvalue weighted by atomic mass is 9.98. The fraction of sp³-hybridized carbons (Fsp3) is 0.300. The second-order valence-corrected chi connectivity index (χ2v) is 6.70. The first-order valence-electron chi connectivity index (χ1n) is 8.41. The molecule has 0 fully saturated rings. The minimum atomic E-state index is -0.870. The molecule has 27 heavy (non-hydrogen) atoms. The van der Waals surface area contributed by atoms with Crippen molar-refractivity contribution < 1.29 is 28.7 Å². The molecule has 0 amide bonds. The number of H-pyrrole nitrogens is 1. The first kappa shape index (κ1) is 20.1. The van der Waals surface area contributed by atoms with Crippen LogP contribution in [0.25, 0.3) is 0 Å². The van der Waals surface area contributed by atoms with Gasteiger partial charge < -0.3 is 14.5 Å². The fourth-order valence-electron chi connectivity index (χ4n) is 2.47. The summed E-state index contributed by atoms with van der Waals surface area (Å²) in [6, 6.07) is 8.12. The standard InChI is InChI=1S/C20H21NO6/c1-5-26-18(24)14-13(11-22)21-16(19(25)27-20(2,3)4)15(14)17(23)12-9-7-6-8-10-12/h6-11,21H,5H2,1-4H3. The first-order chi connectivity index (χ1) is 12.7. The van der Waals surface area contributed by atoms with Crippen LogP contribution >= 0.6 is 0 Å². The van der Waals surface area contributed by atoms with E-state index in [0.717, 1.165) is 0 Å². The van der Waals surface area contributed by atoms with Crippen molar-refractivity contribution in [2.45, 2.75) is 33.3 Å². The van der Waals surface area contributed by atoms with Crippen LogP contribution in [0.15, 0.2) is 30.3 Å². The maximum Gasteiger partial charge on any atom is 0.356 e. The van der Waals surface area contributed by atoms with Gasteiger partial charge in [-0.05, 0) is 27.7 Å². The number of rotatable bonds is 6. The van der Waals surface area contributed by atoms with Gasteiger partial charge in [0.2, 0.25) is 0 Å². The molecule has 2 rings (SSSR count). The molecule has 1 aromatic carbocycles. The molecule has 1 heterocycles. The minimum absolute atomic E-state index is 0.0447. The maximum atomic E-state index is 13.0. The molecular formula is C20H21NO6. The van der Waals surface area contributed by atoms with Crippen molar-refractivity contribution in [2.24, 2.45) is 0 Å². The van der Waals surface area contributed by atoms with Gasteiger partial charge in [-0.25, -0.2) is 9.59 Å². The number of esters is 2. The number of hydrogen-bond donors (Lipinski definition) is 1. The van der Waals surface area contributed by atoms with E-state index in [2.05, 4.69) is 4.98 Å². The molecule has 1 N–H and O–H groups in total. The highest BCUT2D eigenvalue weighted by Crippen LogP contribution is 2.25. The lowest BCUT2D eigenvalue weighted by molar-refractivity contribution is 0.00619. The topological polar surface area (TPSA) is 103 Å². The molecule has 0 atom stereocenters. The van der Waals surface area contributed by atoms with Crippen LogP contribution in [0.2, 0.25) is 0 Å². The average Bonchev–Trinajstić information content (AvgIpc) is 3.00. The van der Waals surface area contributed by atoms with Crippen molar-refractivity contribution in [3.8, 4) is 0 Å². The Balaban J connectivity index is 2.69. The average molecular weight is 371 g/mol. The summed E-state index contributed by atoms with van der Waals surface area (Å²) < 4.78 is 10.3. The Bertz CT molecular complexity index is 874. The van der Waals surface area contributed by atoms with Gasteiger partial charge in [-0.2, -0.15) is 0 Å². The Morgan fingerprint density at radius 2 is 1.67 bits per heavy atom. The van der Waals surface area contributed by atoms with E-state index < -0.39 is 23.3 Å². The van der Waals surface area contributed by atoms with E-state index in [0.29, 0.717) is 6.29 Å². The molecule has 142 valence electrons. The third kappa shape index (κ3) is 4.49. The van der Waals surface area contributed by atoms with Gasteiger partial charge in [0.25, 0.3) is 0 Å². The van der Waals surface area contributed by atoms with Crippen molar-refractivity contribution in [3.63, 3.8) is 0 Å². The molecule has 0 bridgehead atoms. The molecule has 0 saturated carbocycles. The zero-order valence-electron chi connectivity index (χ0n) is 15.6. The number of nitrogens with one attached hydrogen (secondary N) is 1. The van der Waals surface area contributed by atoms with E-state index >= 15 is 0 Å². The van der Waals surface area contributed by atoms with E-state index in [1.807, 2.05) is 0 Å². The molecule has 0 aliphatic carbocycles. The molecule has 2 aromatic rings. The molecule has 0 radical (unpaired) electrons. The number of benzene rings is 1. The second-order valence-electron chi connectivity index (χ2n) is 6.70. The molecule has 0 spiro atoms. The van der Waals surface area contributed by atoms with Crippen molar-refractivity contribution in [3.05, 3.63) is 58.4 Å². The van der Waals surface area contributed by atoms with Crippen molar-refractivity contribution in [2.75, 3.05) is 6.61 Å². The molecular weight excluding hydrogens is 350 g/mol. The number of carbonyl (C=O) groups excluding carboxylic acids is 4. The van der Waals surface area contributed by atoms with Crippen LogP contribution in [-0.4, -0.2) is 41.2 Å². The lowest BCUT2D eigenvalue weighted by Crippen LogP contribution is -2.25. The molecule has 1 aromatic heterocycles. The molecule has 0 unspecified atom stereocenters. The van der Waals surface area contributed by atoms with Gasteiger partial charge in [-0.3, -0.25) is 9.59 Å². The number of aromatic nitrogens is 1. The highest BCUT2D eigenvalue weighted by atomic mass is 16.6. The van der Waals surface area contributed by atoms with Crippen LogP contribution in [0.4, 0.5) is 0 Å². The third-order valence-electron chi connectivity index (χ3n) is 3.49. The lowest BCUT2D eigenvalue weighted by Gasteiger charge is -2.19. The number of carbonyl (C=O) groups is 4. The fourth-order valence-corrected chi connectivity index (χ4v) is 2.47. The minimum Gasteiger partial charge on any atom is -0.462 e. The van der Waals surface area contributed by atoms with E-state index in [-0.39, 0.29) is 34.7 Å². The molecule has 0 saturated heterocycles. The van der Waals surface area contributed by atoms with E-state index in [1.54, 1.807) is 58.0 Å². The highest BCUT2D eigenvalue weighted by molar-refractivity contribution is 6.20. The van der Waals surface area contributed by atoms with E-state index in [9.17, 15) is 19.2 Å². The number of hydrogen-bond acceptors (Lipinski definition) is 6. The first-order valence-corrected chi connectivity index (χ1v) is 8.41. The Kier molecular flexibility index (Phi) is 5.95. The zero-order chi connectivity index (χ0) is 20.2. The van der Waals surface area contributed by atoms with Gasteiger partial charge >= 0.3 is 11.9 Å². The van der Waals surface area contributed by atoms with Gasteiger partial charge in [0.05, 0.1) is 23.4 Å².